The fraction of sp³-hybridized carbons (Fsp3) is 0.143. The van der Waals surface area contributed by atoms with Gasteiger partial charge in [0.1, 0.15) is 0 Å². The molecule has 0 radical (unpaired) electrons. The van der Waals surface area contributed by atoms with Crippen molar-refractivity contribution in [2.24, 2.45) is 0 Å². The van der Waals surface area contributed by atoms with Gasteiger partial charge < -0.3 is 4.90 Å². The van der Waals surface area contributed by atoms with E-state index in [1.807, 2.05) is 0 Å². The number of hydrogen-bond acceptors (Lipinski definition) is 1. The van der Waals surface area contributed by atoms with E-state index in [4.69, 9.17) is 0 Å². The van der Waals surface area contributed by atoms with Crippen molar-refractivity contribution in [3.05, 3.63) is 65.7 Å². The molecule has 2 heteroatoms. The van der Waals surface area contributed by atoms with Crippen LogP contribution in [0.25, 0.3) is 0 Å². The van der Waals surface area contributed by atoms with Crippen LogP contribution in [-0.4, -0.2) is 0 Å². The van der Waals surface area contributed by atoms with Crippen LogP contribution in [-0.2, 0) is 13.1 Å². The lowest BCUT2D eigenvalue weighted by Gasteiger charge is -2.17. The summed E-state index contributed by atoms with van der Waals surface area (Å²) < 4.78 is 0. The number of para-hydroxylation sites is 1. The van der Waals surface area contributed by atoms with Crippen LogP contribution in [0.5, 0.6) is 0 Å². The van der Waals surface area contributed by atoms with Crippen LogP contribution in [0, 0.1) is 0 Å². The molecule has 0 N–H and O–H groups in total. The molecule has 1 aliphatic rings. The summed E-state index contributed by atoms with van der Waals surface area (Å²) in [6.45, 7) is 2.08. The van der Waals surface area contributed by atoms with E-state index in [-0.39, 0.29) is 12.4 Å². The molecule has 0 spiro atoms. The highest BCUT2D eigenvalue weighted by molar-refractivity contribution is 5.85. The van der Waals surface area contributed by atoms with Crippen LogP contribution < -0.4 is 4.90 Å². The van der Waals surface area contributed by atoms with Crippen LogP contribution >= 0.6 is 12.4 Å². The maximum Gasteiger partial charge on any atom is 0.0436 e. The van der Waals surface area contributed by atoms with E-state index in [0.717, 1.165) is 13.1 Å². The molecule has 0 fully saturated rings. The SMILES string of the molecule is Cl.c1ccc(N2Cc3ccccc3C2)cc1. The standard InChI is InChI=1S/C14H13N.ClH/c1-2-8-14(9-3-1)15-10-12-6-4-5-7-13(12)11-15;/h1-9H,10-11H2;1H. The monoisotopic (exact) mass is 231 g/mol. The second-order valence-electron chi connectivity index (χ2n) is 3.96. The molecule has 0 bridgehead atoms. The molecule has 2 aromatic rings. The van der Waals surface area contributed by atoms with Gasteiger partial charge in [-0.25, -0.2) is 0 Å². The zero-order valence-corrected chi connectivity index (χ0v) is 9.78. The third kappa shape index (κ3) is 1.91. The molecule has 0 aliphatic carbocycles. The minimum Gasteiger partial charge on any atom is -0.363 e. The first-order valence-electron chi connectivity index (χ1n) is 5.30. The summed E-state index contributed by atoms with van der Waals surface area (Å²) in [4.78, 5) is 2.41. The van der Waals surface area contributed by atoms with Gasteiger partial charge in [0.15, 0.2) is 0 Å². The zero-order chi connectivity index (χ0) is 10.1. The molecule has 0 aromatic heterocycles. The third-order valence-corrected chi connectivity index (χ3v) is 2.96. The van der Waals surface area contributed by atoms with E-state index in [0.29, 0.717) is 0 Å². The number of benzene rings is 2. The van der Waals surface area contributed by atoms with Crippen molar-refractivity contribution in [1.82, 2.24) is 0 Å². The maximum absolute atomic E-state index is 2.41. The Kier molecular flexibility index (Phi) is 3.16. The van der Waals surface area contributed by atoms with Crippen molar-refractivity contribution in [2.45, 2.75) is 13.1 Å². The van der Waals surface area contributed by atoms with Crippen molar-refractivity contribution in [3.63, 3.8) is 0 Å². The van der Waals surface area contributed by atoms with Crippen LogP contribution in [0.1, 0.15) is 11.1 Å². The van der Waals surface area contributed by atoms with Gasteiger partial charge in [-0.2, -0.15) is 0 Å². The smallest absolute Gasteiger partial charge is 0.0436 e. The normalized spacial score (nSPS) is 13.1. The molecule has 16 heavy (non-hydrogen) atoms. The molecule has 1 heterocycles. The van der Waals surface area contributed by atoms with E-state index in [1.165, 1.54) is 16.8 Å². The van der Waals surface area contributed by atoms with E-state index >= 15 is 0 Å². The van der Waals surface area contributed by atoms with Crippen molar-refractivity contribution in [2.75, 3.05) is 4.90 Å². The van der Waals surface area contributed by atoms with Gasteiger partial charge in [-0.05, 0) is 23.3 Å². The fourth-order valence-electron chi connectivity index (χ4n) is 2.15. The summed E-state index contributed by atoms with van der Waals surface area (Å²) in [6.07, 6.45) is 0. The Bertz CT molecular complexity index is 442. The highest BCUT2D eigenvalue weighted by Gasteiger charge is 2.17. The summed E-state index contributed by atoms with van der Waals surface area (Å²) >= 11 is 0. The number of halogens is 1. The number of rotatable bonds is 1. The Labute approximate surface area is 102 Å². The third-order valence-electron chi connectivity index (χ3n) is 2.96. The lowest BCUT2D eigenvalue weighted by molar-refractivity contribution is 0.880. The summed E-state index contributed by atoms with van der Waals surface area (Å²) in [5.74, 6) is 0. The average molecular weight is 232 g/mol. The van der Waals surface area contributed by atoms with Gasteiger partial charge in [0.2, 0.25) is 0 Å². The summed E-state index contributed by atoms with van der Waals surface area (Å²) in [6, 6.07) is 19.3. The molecule has 3 rings (SSSR count). The minimum absolute atomic E-state index is 0. The van der Waals surface area contributed by atoms with Crippen molar-refractivity contribution < 1.29 is 0 Å². The Hall–Kier alpha value is -1.47. The van der Waals surface area contributed by atoms with Crippen LogP contribution in [0.2, 0.25) is 0 Å². The minimum atomic E-state index is 0. The molecular formula is C14H14ClN. The molecule has 82 valence electrons. The van der Waals surface area contributed by atoms with Gasteiger partial charge in [-0.15, -0.1) is 12.4 Å². The molecule has 1 nitrogen and oxygen atoms in total. The second-order valence-corrected chi connectivity index (χ2v) is 3.96. The van der Waals surface area contributed by atoms with Crippen LogP contribution in [0.15, 0.2) is 54.6 Å². The Morgan fingerprint density at radius 1 is 0.688 bits per heavy atom. The zero-order valence-electron chi connectivity index (χ0n) is 8.97. The first-order valence-corrected chi connectivity index (χ1v) is 5.30. The van der Waals surface area contributed by atoms with E-state index in [9.17, 15) is 0 Å². The highest BCUT2D eigenvalue weighted by atomic mass is 35.5. The first-order chi connectivity index (χ1) is 7.43. The summed E-state index contributed by atoms with van der Waals surface area (Å²) in [7, 11) is 0. The molecule has 0 atom stereocenters. The summed E-state index contributed by atoms with van der Waals surface area (Å²) in [5, 5.41) is 0. The predicted molar refractivity (Wildman–Crippen MR) is 70.0 cm³/mol. The van der Waals surface area contributed by atoms with Gasteiger partial charge in [0, 0.05) is 18.8 Å². The molecule has 2 aromatic carbocycles. The van der Waals surface area contributed by atoms with Crippen molar-refractivity contribution in [1.29, 1.82) is 0 Å². The molecule has 0 unspecified atom stereocenters. The van der Waals surface area contributed by atoms with Gasteiger partial charge in [0.25, 0.3) is 0 Å². The molecule has 0 saturated heterocycles. The van der Waals surface area contributed by atoms with Gasteiger partial charge in [-0.3, -0.25) is 0 Å². The number of hydrogen-bond donors (Lipinski definition) is 0. The Balaban J connectivity index is 0.000000963. The topological polar surface area (TPSA) is 3.24 Å². The van der Waals surface area contributed by atoms with E-state index in [2.05, 4.69) is 59.5 Å². The first kappa shape index (κ1) is 11.0. The Morgan fingerprint density at radius 3 is 1.75 bits per heavy atom. The van der Waals surface area contributed by atoms with Crippen molar-refractivity contribution >= 4 is 18.1 Å². The highest BCUT2D eigenvalue weighted by Crippen LogP contribution is 2.27. The largest absolute Gasteiger partial charge is 0.363 e. The maximum atomic E-state index is 2.41. The number of anilines is 1. The van der Waals surface area contributed by atoms with Crippen molar-refractivity contribution in [3.8, 4) is 0 Å². The number of fused-ring (bicyclic) bond motifs is 1. The molecular weight excluding hydrogens is 218 g/mol. The van der Waals surface area contributed by atoms with Crippen LogP contribution in [0.3, 0.4) is 0 Å². The van der Waals surface area contributed by atoms with E-state index in [1.54, 1.807) is 0 Å². The molecule has 0 amide bonds. The van der Waals surface area contributed by atoms with Gasteiger partial charge in [-0.1, -0.05) is 42.5 Å². The fourth-order valence-corrected chi connectivity index (χ4v) is 2.15. The molecule has 0 saturated carbocycles. The lowest BCUT2D eigenvalue weighted by Crippen LogP contribution is -2.13. The average Bonchev–Trinajstić information content (AvgIpc) is 2.74. The second kappa shape index (κ2) is 4.58. The van der Waals surface area contributed by atoms with Gasteiger partial charge >= 0.3 is 0 Å². The molecule has 1 aliphatic heterocycles. The van der Waals surface area contributed by atoms with E-state index < -0.39 is 0 Å². The number of nitrogens with zero attached hydrogens (tertiary/aromatic N) is 1. The quantitative estimate of drug-likeness (QED) is 0.725. The predicted octanol–water partition coefficient (Wildman–Crippen LogP) is 3.63. The van der Waals surface area contributed by atoms with Crippen LogP contribution in [0.4, 0.5) is 5.69 Å². The van der Waals surface area contributed by atoms with Gasteiger partial charge in [0.05, 0.1) is 0 Å². The lowest BCUT2D eigenvalue weighted by atomic mass is 10.1. The Morgan fingerprint density at radius 2 is 1.19 bits per heavy atom. The summed E-state index contributed by atoms with van der Waals surface area (Å²) in [5.41, 5.74) is 4.23.